The Kier molecular flexibility index (Phi) is 4.11. The molecule has 30 heavy (non-hydrogen) atoms. The second kappa shape index (κ2) is 6.97. The molecule has 7 heteroatoms. The van der Waals surface area contributed by atoms with Crippen LogP contribution in [0.15, 0.2) is 58.7 Å². The van der Waals surface area contributed by atoms with E-state index in [0.717, 1.165) is 53.8 Å². The Morgan fingerprint density at radius 2 is 2.03 bits per heavy atom. The summed E-state index contributed by atoms with van der Waals surface area (Å²) in [7, 11) is 0. The topological polar surface area (TPSA) is 86.5 Å². The highest BCUT2D eigenvalue weighted by molar-refractivity contribution is 7.17. The van der Waals surface area contributed by atoms with Crippen molar-refractivity contribution in [1.82, 2.24) is 14.8 Å². The van der Waals surface area contributed by atoms with Crippen LogP contribution in [0.1, 0.15) is 18.9 Å². The van der Waals surface area contributed by atoms with E-state index < -0.39 is 0 Å². The molecule has 0 bridgehead atoms. The number of hydrogen-bond donors (Lipinski definition) is 2. The fraction of sp³-hybridized carbons (Fsp3) is 0.217. The van der Waals surface area contributed by atoms with Gasteiger partial charge in [0.1, 0.15) is 5.76 Å². The minimum Gasteiger partial charge on any atom is -0.452 e. The van der Waals surface area contributed by atoms with Gasteiger partial charge in [-0.1, -0.05) is 12.1 Å². The van der Waals surface area contributed by atoms with Crippen LogP contribution in [-0.4, -0.2) is 27.9 Å². The summed E-state index contributed by atoms with van der Waals surface area (Å²) in [6.07, 6.45) is 8.19. The molecule has 0 atom stereocenters. The summed E-state index contributed by atoms with van der Waals surface area (Å²) in [6, 6.07) is 11.0. The molecule has 4 N–H and O–H groups in total. The van der Waals surface area contributed by atoms with E-state index in [-0.39, 0.29) is 0 Å². The van der Waals surface area contributed by atoms with Crippen LogP contribution >= 0.6 is 11.3 Å². The molecule has 0 unspecified atom stereocenters. The van der Waals surface area contributed by atoms with Crippen molar-refractivity contribution in [2.45, 2.75) is 18.9 Å². The molecular formula is C23H22N5OS+. The number of nitrogens with two attached hydrogens (primary N) is 2. The van der Waals surface area contributed by atoms with E-state index in [9.17, 15) is 0 Å². The van der Waals surface area contributed by atoms with Gasteiger partial charge >= 0.3 is 0 Å². The highest BCUT2D eigenvalue weighted by Crippen LogP contribution is 2.39. The average Bonchev–Trinajstić information content (AvgIpc) is 3.53. The van der Waals surface area contributed by atoms with Crippen LogP contribution in [0.2, 0.25) is 0 Å². The normalized spacial score (nSPS) is 15.3. The van der Waals surface area contributed by atoms with Crippen LogP contribution in [0, 0.1) is 0 Å². The second-order valence-electron chi connectivity index (χ2n) is 7.86. The number of nitrogen functional groups attached to an aromatic ring is 1. The van der Waals surface area contributed by atoms with E-state index in [1.807, 2.05) is 12.4 Å². The molecule has 0 radical (unpaired) electrons. The molecular weight excluding hydrogens is 394 g/mol. The molecule has 1 aromatic carbocycles. The number of benzene rings is 1. The molecule has 1 aliphatic heterocycles. The molecule has 1 aliphatic rings. The SMILES string of the molecule is Nc1ncc(-c2cnn(C3CC[NH2+]CC3)c2)c2cc(-c3cccc4ccsc34)oc12. The third kappa shape index (κ3) is 2.81. The Morgan fingerprint density at radius 3 is 2.93 bits per heavy atom. The van der Waals surface area contributed by atoms with E-state index in [1.165, 1.54) is 10.1 Å². The van der Waals surface area contributed by atoms with E-state index in [0.29, 0.717) is 17.4 Å². The number of piperidine rings is 1. The molecule has 0 spiro atoms. The minimum absolute atomic E-state index is 0.411. The quantitative estimate of drug-likeness (QED) is 0.464. The lowest BCUT2D eigenvalue weighted by molar-refractivity contribution is -0.664. The number of hydrogen-bond acceptors (Lipinski definition) is 5. The standard InChI is InChI=1S/C23H21N5OS/c24-23-21-18(10-20(29-21)17-3-1-2-14-6-9-30-22(14)17)19(12-26-23)15-11-27-28(13-15)16-4-7-25-8-5-16/h1-3,6,9-13,16,25H,4-5,7-8H2,(H2,24,26)/p+1. The van der Waals surface area contributed by atoms with Crippen LogP contribution in [0.5, 0.6) is 0 Å². The Morgan fingerprint density at radius 1 is 1.13 bits per heavy atom. The molecule has 5 heterocycles. The van der Waals surface area contributed by atoms with Crippen molar-refractivity contribution in [1.29, 1.82) is 0 Å². The Bertz CT molecular complexity index is 1360. The number of nitrogens with zero attached hydrogens (tertiary/aromatic N) is 3. The molecule has 6 nitrogen and oxygen atoms in total. The minimum atomic E-state index is 0.411. The number of rotatable bonds is 3. The van der Waals surface area contributed by atoms with Crippen molar-refractivity contribution in [2.75, 3.05) is 18.8 Å². The van der Waals surface area contributed by atoms with Crippen molar-refractivity contribution in [2.24, 2.45) is 0 Å². The first kappa shape index (κ1) is 17.7. The second-order valence-corrected chi connectivity index (χ2v) is 8.78. The molecule has 150 valence electrons. The lowest BCUT2D eigenvalue weighted by Crippen LogP contribution is -2.86. The van der Waals surface area contributed by atoms with Crippen LogP contribution in [-0.2, 0) is 0 Å². The summed E-state index contributed by atoms with van der Waals surface area (Å²) in [5.41, 5.74) is 9.95. The van der Waals surface area contributed by atoms with E-state index in [4.69, 9.17) is 10.2 Å². The molecule has 1 fully saturated rings. The van der Waals surface area contributed by atoms with Gasteiger partial charge in [-0.2, -0.15) is 5.10 Å². The summed E-state index contributed by atoms with van der Waals surface area (Å²) in [6.45, 7) is 2.32. The van der Waals surface area contributed by atoms with Crippen LogP contribution in [0.3, 0.4) is 0 Å². The zero-order valence-corrected chi connectivity index (χ0v) is 17.2. The van der Waals surface area contributed by atoms with Crippen LogP contribution in [0.4, 0.5) is 5.82 Å². The first-order chi connectivity index (χ1) is 14.8. The maximum atomic E-state index is 6.24. The Balaban J connectivity index is 1.47. The van der Waals surface area contributed by atoms with Crippen molar-refractivity contribution in [3.63, 3.8) is 0 Å². The van der Waals surface area contributed by atoms with E-state index >= 15 is 0 Å². The highest BCUT2D eigenvalue weighted by atomic mass is 32.1. The average molecular weight is 417 g/mol. The van der Waals surface area contributed by atoms with Gasteiger partial charge < -0.3 is 15.5 Å². The first-order valence-electron chi connectivity index (χ1n) is 10.3. The molecule has 1 saturated heterocycles. The maximum Gasteiger partial charge on any atom is 0.177 e. The maximum absolute atomic E-state index is 6.24. The van der Waals surface area contributed by atoms with Crippen molar-refractivity contribution >= 4 is 38.2 Å². The lowest BCUT2D eigenvalue weighted by atomic mass is 10.1. The van der Waals surface area contributed by atoms with Gasteiger partial charge in [0.05, 0.1) is 25.3 Å². The highest BCUT2D eigenvalue weighted by Gasteiger charge is 2.20. The summed E-state index contributed by atoms with van der Waals surface area (Å²) < 4.78 is 9.56. The van der Waals surface area contributed by atoms with E-state index in [1.54, 1.807) is 11.3 Å². The fourth-order valence-corrected chi connectivity index (χ4v) is 5.36. The van der Waals surface area contributed by atoms with Gasteiger partial charge in [-0.25, -0.2) is 4.98 Å². The summed E-state index contributed by atoms with van der Waals surface area (Å²) in [5, 5.41) is 11.3. The molecule has 0 amide bonds. The van der Waals surface area contributed by atoms with Gasteiger partial charge in [0, 0.05) is 52.0 Å². The lowest BCUT2D eigenvalue weighted by Gasteiger charge is -2.20. The monoisotopic (exact) mass is 416 g/mol. The van der Waals surface area contributed by atoms with Crippen molar-refractivity contribution in [3.8, 4) is 22.5 Å². The number of thiophene rings is 1. The van der Waals surface area contributed by atoms with E-state index in [2.05, 4.69) is 62.0 Å². The molecule has 0 aliphatic carbocycles. The van der Waals surface area contributed by atoms with Gasteiger partial charge in [0.15, 0.2) is 11.4 Å². The van der Waals surface area contributed by atoms with Gasteiger partial charge in [-0.05, 0) is 29.0 Å². The van der Waals surface area contributed by atoms with Crippen molar-refractivity contribution < 1.29 is 9.73 Å². The Hall–Kier alpha value is -3.16. The third-order valence-corrected chi connectivity index (χ3v) is 6.99. The first-order valence-corrected chi connectivity index (χ1v) is 11.2. The van der Waals surface area contributed by atoms with Gasteiger partial charge in [-0.15, -0.1) is 11.3 Å². The number of quaternary nitrogens is 1. The van der Waals surface area contributed by atoms with Crippen molar-refractivity contribution in [3.05, 3.63) is 54.3 Å². The smallest absolute Gasteiger partial charge is 0.177 e. The van der Waals surface area contributed by atoms with Crippen LogP contribution in [0.25, 0.3) is 43.5 Å². The predicted octanol–water partition coefficient (Wildman–Crippen LogP) is 4.05. The molecule has 5 aromatic rings. The summed E-state index contributed by atoms with van der Waals surface area (Å²) in [5.74, 6) is 1.22. The molecule has 0 saturated carbocycles. The third-order valence-electron chi connectivity index (χ3n) is 6.03. The zero-order chi connectivity index (χ0) is 20.1. The fourth-order valence-electron chi connectivity index (χ4n) is 4.44. The predicted molar refractivity (Wildman–Crippen MR) is 120 cm³/mol. The van der Waals surface area contributed by atoms with Gasteiger partial charge in [-0.3, -0.25) is 4.68 Å². The summed E-state index contributed by atoms with van der Waals surface area (Å²) in [4.78, 5) is 4.41. The number of aromatic nitrogens is 3. The molecule has 4 aromatic heterocycles. The molecule has 6 rings (SSSR count). The summed E-state index contributed by atoms with van der Waals surface area (Å²) >= 11 is 1.72. The number of anilines is 1. The van der Waals surface area contributed by atoms with Gasteiger partial charge in [0.2, 0.25) is 0 Å². The van der Waals surface area contributed by atoms with Gasteiger partial charge in [0.25, 0.3) is 0 Å². The number of furan rings is 1. The Labute approximate surface area is 177 Å². The number of fused-ring (bicyclic) bond motifs is 2. The zero-order valence-electron chi connectivity index (χ0n) is 16.4. The largest absolute Gasteiger partial charge is 0.452 e. The van der Waals surface area contributed by atoms with Crippen LogP contribution < -0.4 is 11.1 Å². The number of pyridine rings is 1.